The smallest absolute Gasteiger partial charge is 0.400 e. The molecule has 7 aliphatic rings. The van der Waals surface area contributed by atoms with E-state index in [-0.39, 0.29) is 74.3 Å². The van der Waals surface area contributed by atoms with Gasteiger partial charge in [-0.1, -0.05) is 61.8 Å². The van der Waals surface area contributed by atoms with E-state index in [9.17, 15) is 16.8 Å². The molecule has 0 amide bonds. The van der Waals surface area contributed by atoms with E-state index in [1.165, 1.54) is 18.8 Å². The summed E-state index contributed by atoms with van der Waals surface area (Å²) in [6.07, 6.45) is 20.3. The van der Waals surface area contributed by atoms with Crippen molar-refractivity contribution in [2.24, 2.45) is 0 Å². The van der Waals surface area contributed by atoms with Crippen LogP contribution < -0.4 is 9.80 Å². The van der Waals surface area contributed by atoms with Gasteiger partial charge in [-0.05, 0) is 122 Å². The number of halogens is 5. The average Bonchev–Trinajstić information content (AvgIpc) is 4.42. The summed E-state index contributed by atoms with van der Waals surface area (Å²) in [5.41, 5.74) is 10.3. The van der Waals surface area contributed by atoms with Gasteiger partial charge in [0.25, 0.3) is 0 Å². The second-order valence-electron chi connectivity index (χ2n) is 22.7. The van der Waals surface area contributed by atoms with Gasteiger partial charge in [-0.15, -0.1) is 23.2 Å². The Labute approximate surface area is 508 Å². The van der Waals surface area contributed by atoms with E-state index in [1.807, 2.05) is 70.4 Å². The van der Waals surface area contributed by atoms with Gasteiger partial charge in [0, 0.05) is 96.5 Å². The molecule has 26 heteroatoms. The van der Waals surface area contributed by atoms with Gasteiger partial charge in [0.2, 0.25) is 20.0 Å². The van der Waals surface area contributed by atoms with Gasteiger partial charge in [0.05, 0.1) is 52.2 Å². The first-order chi connectivity index (χ1) is 37.7. The molecule has 18 nitrogen and oxygen atoms in total. The minimum Gasteiger partial charge on any atom is -0.400 e. The van der Waals surface area contributed by atoms with E-state index in [1.54, 1.807) is 21.9 Å². The quantitative estimate of drug-likeness (QED) is 0.0688. The molecule has 6 aromatic heterocycles. The van der Waals surface area contributed by atoms with Crippen LogP contribution in [0.25, 0.3) is 27.6 Å². The molecule has 6 aromatic rings. The maximum absolute atomic E-state index is 12.3. The molecule has 13 heterocycles. The molecule has 4 bridgehead atoms. The molecule has 0 saturated carbocycles. The summed E-state index contributed by atoms with van der Waals surface area (Å²) in [4.78, 5) is 37.2. The summed E-state index contributed by atoms with van der Waals surface area (Å²) in [6.45, 7) is 15.5. The van der Waals surface area contributed by atoms with Crippen LogP contribution in [0, 0.1) is 0 Å². The molecule has 4 unspecified atom stereocenters. The molecule has 3 saturated heterocycles. The van der Waals surface area contributed by atoms with E-state index in [2.05, 4.69) is 64.6 Å². The maximum Gasteiger partial charge on any atom is 0.490 e. The zero-order valence-corrected chi connectivity index (χ0v) is 51.5. The topological polar surface area (TPSA) is 209 Å². The normalized spacial score (nSPS) is 24.4. The van der Waals surface area contributed by atoms with E-state index in [0.29, 0.717) is 41.4 Å². The van der Waals surface area contributed by atoms with E-state index in [0.717, 1.165) is 111 Å². The lowest BCUT2D eigenvalue weighted by molar-refractivity contribution is 0.00578. The fourth-order valence-electron chi connectivity index (χ4n) is 12.4. The highest BCUT2D eigenvalue weighted by Gasteiger charge is 2.54. The zero-order chi connectivity index (χ0) is 57.4. The van der Waals surface area contributed by atoms with Crippen molar-refractivity contribution in [3.05, 3.63) is 111 Å². The molecular formula is C56H74BCl5N12O6S2. The Balaban J connectivity index is 0.000000159. The first-order valence-electron chi connectivity index (χ1n) is 26.8. The molecule has 82 heavy (non-hydrogen) atoms. The number of aromatic nitrogens is 8. The van der Waals surface area contributed by atoms with Crippen LogP contribution in [0.5, 0.6) is 0 Å². The van der Waals surface area contributed by atoms with Crippen LogP contribution in [0.2, 0.25) is 15.5 Å². The molecule has 13 rings (SSSR count). The van der Waals surface area contributed by atoms with Gasteiger partial charge in [-0.2, -0.15) is 8.61 Å². The van der Waals surface area contributed by atoms with Crippen LogP contribution in [-0.2, 0) is 55.3 Å². The molecule has 7 aliphatic heterocycles. The van der Waals surface area contributed by atoms with Crippen LogP contribution in [0.3, 0.4) is 0 Å². The monoisotopic (exact) mass is 1260 g/mol. The molecule has 444 valence electrons. The highest BCUT2D eigenvalue weighted by atomic mass is 35.5. The third-order valence-corrected chi connectivity index (χ3v) is 20.0. The predicted octanol–water partition coefficient (Wildman–Crippen LogP) is 12.0. The van der Waals surface area contributed by atoms with Crippen molar-refractivity contribution in [3.8, 4) is 0 Å². The summed E-state index contributed by atoms with van der Waals surface area (Å²) < 4.78 is 64.0. The second-order valence-corrected chi connectivity index (χ2v) is 29.2. The summed E-state index contributed by atoms with van der Waals surface area (Å²) in [7, 11) is -6.72. The maximum atomic E-state index is 12.3. The van der Waals surface area contributed by atoms with Crippen molar-refractivity contribution in [3.63, 3.8) is 0 Å². The van der Waals surface area contributed by atoms with Crippen LogP contribution in [0.4, 0.5) is 11.4 Å². The Morgan fingerprint density at radius 2 is 1.11 bits per heavy atom. The Hall–Kier alpha value is -4.13. The fraction of sp³-hybridized carbons (Fsp3) is 0.536. The highest BCUT2D eigenvalue weighted by Crippen LogP contribution is 2.45. The van der Waals surface area contributed by atoms with Crippen LogP contribution in [0.1, 0.15) is 130 Å². The van der Waals surface area contributed by atoms with E-state index in [4.69, 9.17) is 72.3 Å². The lowest BCUT2D eigenvalue weighted by Crippen LogP contribution is -2.44. The number of sulfonamides is 2. The third kappa shape index (κ3) is 13.0. The number of anilines is 2. The molecule has 0 radical (unpaired) electrons. The van der Waals surface area contributed by atoms with Gasteiger partial charge in [0.15, 0.2) is 0 Å². The van der Waals surface area contributed by atoms with Crippen molar-refractivity contribution >= 4 is 124 Å². The van der Waals surface area contributed by atoms with Crippen LogP contribution in [0.15, 0.2) is 66.9 Å². The summed E-state index contributed by atoms with van der Waals surface area (Å²) in [5.74, 6) is 0. The van der Waals surface area contributed by atoms with Gasteiger partial charge in [0.1, 0.15) is 44.2 Å². The van der Waals surface area contributed by atoms with Crippen molar-refractivity contribution in [1.29, 1.82) is 0 Å². The van der Waals surface area contributed by atoms with Crippen molar-refractivity contribution in [1.82, 2.24) is 48.5 Å². The van der Waals surface area contributed by atoms with E-state index < -0.39 is 20.0 Å². The number of rotatable bonds is 6. The Morgan fingerprint density at radius 3 is 1.59 bits per heavy atom. The van der Waals surface area contributed by atoms with Gasteiger partial charge in [-0.25, -0.2) is 46.7 Å². The molecule has 2 N–H and O–H groups in total. The lowest BCUT2D eigenvalue weighted by Gasteiger charge is -2.38. The third-order valence-electron chi connectivity index (χ3n) is 16.6. The molecule has 3 fully saturated rings. The van der Waals surface area contributed by atoms with Crippen molar-refractivity contribution in [2.45, 2.75) is 180 Å². The fourth-order valence-corrected chi connectivity index (χ4v) is 15.7. The number of pyridine rings is 2. The number of aromatic amines is 2. The summed E-state index contributed by atoms with van der Waals surface area (Å²) >= 11 is 28.8. The Morgan fingerprint density at radius 1 is 0.659 bits per heavy atom. The van der Waals surface area contributed by atoms with Gasteiger partial charge < -0.3 is 29.1 Å². The van der Waals surface area contributed by atoms with Gasteiger partial charge in [-0.3, -0.25) is 0 Å². The molecule has 0 aromatic carbocycles. The first-order valence-corrected chi connectivity index (χ1v) is 32.5. The van der Waals surface area contributed by atoms with Crippen molar-refractivity contribution in [2.75, 3.05) is 22.3 Å². The molecule has 6 atom stereocenters. The lowest BCUT2D eigenvalue weighted by atomic mass is 9.73. The number of nitrogens with zero attached hydrogens (tertiary/aromatic N) is 10. The predicted molar refractivity (Wildman–Crippen MR) is 333 cm³/mol. The Bertz CT molecular complexity index is 3600. The van der Waals surface area contributed by atoms with Gasteiger partial charge >= 0.3 is 7.12 Å². The summed E-state index contributed by atoms with van der Waals surface area (Å²) in [5, 5.41) is 3.53. The number of fused-ring (bicyclic) bond motifs is 8. The summed E-state index contributed by atoms with van der Waals surface area (Å²) in [6, 6.07) is 8.33. The molecule has 0 aliphatic carbocycles. The van der Waals surface area contributed by atoms with E-state index >= 15 is 0 Å². The van der Waals surface area contributed by atoms with Crippen LogP contribution >= 0.6 is 58.0 Å². The number of hydrogen-bond acceptors (Lipinski definition) is 14. The number of H-pyrrole nitrogens is 2. The minimum atomic E-state index is -3.23. The minimum absolute atomic E-state index is 0. The second kappa shape index (κ2) is 24.7. The molecular weight excluding hydrogens is 1190 g/mol. The average molecular weight is 1260 g/mol. The Kier molecular flexibility index (Phi) is 19.2. The first kappa shape index (κ1) is 63.9. The highest BCUT2D eigenvalue weighted by molar-refractivity contribution is 7.88. The standard InChI is InChI=1S/C23H25ClN6O2S.C15H13Cl2N5.C14H24BNO4S.C2H4Cl2.2CH4/c1-13-7-19-18(11-29(13)20-10-21(24)28-23-17(20)5-6-25-23)22(27-12-26-19)14-8-15-3-4-16(9-14)30(15)33(2,31)32;1-8-4-11-10(14(17)20-7-19-11)6-22(8)12-5-13(16)21-15-9(12)2-3-18-15;1-13(2)14(3,4)20-15(19-13)10-8-11-6-7-12(9-10)16(11)21(5,17)18;1-2(3)4;;/h5-6,8,10,12-13,15-16H,3-4,7,9,11H2,1-2H3,(H,25,28);2-3,5,7-8H,4,6H2,1H3,(H,18,21);8,11-12H,6-7,9H2,1-5H3;2H,1H3;2*1H4/t13-,15?,16?;8-;;;;/m11..../s1. The number of nitrogens with one attached hydrogen (secondary N) is 2. The van der Waals surface area contributed by atoms with Crippen molar-refractivity contribution < 1.29 is 26.1 Å². The number of alkyl halides is 2. The largest absolute Gasteiger partial charge is 0.490 e. The van der Waals surface area contributed by atoms with Crippen LogP contribution in [-0.4, -0.2) is 137 Å². The number of hydrogen-bond donors (Lipinski definition) is 2. The zero-order valence-electron chi connectivity index (χ0n) is 46.1. The SMILES string of the molecule is C.C.CC(Cl)Cl.CC1(C)OB(C2=CC3CCC(C2)N3S(C)(=O)=O)OC1(C)C.C[C@@H]1Cc2ncnc(C3=CC4CCC(C3)N4S(C)(=O)=O)c2CN1c1cc(Cl)nc2[nH]ccc12.C[C@@H]1Cc2ncnc(Cl)c2CN1c1cc(Cl)nc2[nH]ccc12. The molecule has 0 spiro atoms.